The molecule has 0 spiro atoms. The Balaban J connectivity index is 1.49. The molecule has 1 aromatic carbocycles. The average molecular weight is 401 g/mol. The van der Waals surface area contributed by atoms with Crippen molar-refractivity contribution in [2.45, 2.75) is 20.0 Å². The standard InChI is InChI=1S/C20H17ClN2O5/c1-11-7-13(8-17(24)26-11)27-14-9-23(10-14)20(25)18-12(2)28-22-19(18)15-5-3-4-6-16(15)21/h3-8,14H,9-10H2,1-2H3. The van der Waals surface area contributed by atoms with E-state index in [-0.39, 0.29) is 12.0 Å². The molecule has 1 saturated heterocycles. The first kappa shape index (κ1) is 18.3. The number of aryl methyl sites for hydroxylation is 2. The summed E-state index contributed by atoms with van der Waals surface area (Å²) < 4.78 is 15.9. The predicted octanol–water partition coefficient (Wildman–Crippen LogP) is 3.47. The molecule has 2 aromatic heterocycles. The number of likely N-dealkylation sites (tertiary alicyclic amines) is 1. The Morgan fingerprint density at radius 3 is 2.71 bits per heavy atom. The molecule has 4 rings (SSSR count). The number of nitrogens with zero attached hydrogens (tertiary/aromatic N) is 2. The molecule has 1 fully saturated rings. The van der Waals surface area contributed by atoms with Gasteiger partial charge in [0.15, 0.2) is 0 Å². The number of benzene rings is 1. The second kappa shape index (κ2) is 7.16. The monoisotopic (exact) mass is 400 g/mol. The van der Waals surface area contributed by atoms with Gasteiger partial charge in [-0.25, -0.2) is 4.79 Å². The van der Waals surface area contributed by atoms with E-state index in [2.05, 4.69) is 5.16 Å². The Morgan fingerprint density at radius 2 is 2.00 bits per heavy atom. The molecule has 1 aliphatic rings. The van der Waals surface area contributed by atoms with Crippen LogP contribution < -0.4 is 10.4 Å². The molecule has 8 heteroatoms. The van der Waals surface area contributed by atoms with Crippen molar-refractivity contribution >= 4 is 17.5 Å². The summed E-state index contributed by atoms with van der Waals surface area (Å²) in [6.07, 6.45) is -0.200. The van der Waals surface area contributed by atoms with E-state index in [0.717, 1.165) is 0 Å². The number of amides is 1. The van der Waals surface area contributed by atoms with Crippen LogP contribution in [0, 0.1) is 13.8 Å². The van der Waals surface area contributed by atoms with E-state index in [1.807, 2.05) is 12.1 Å². The van der Waals surface area contributed by atoms with Crippen LogP contribution in [0.5, 0.6) is 5.75 Å². The maximum absolute atomic E-state index is 13.0. The van der Waals surface area contributed by atoms with Gasteiger partial charge in [0.1, 0.15) is 34.6 Å². The van der Waals surface area contributed by atoms with Gasteiger partial charge in [0.05, 0.1) is 24.2 Å². The number of carbonyl (C=O) groups excluding carboxylic acids is 1. The Labute approximate surface area is 165 Å². The van der Waals surface area contributed by atoms with Gasteiger partial charge in [-0.1, -0.05) is 35.0 Å². The summed E-state index contributed by atoms with van der Waals surface area (Å²) in [4.78, 5) is 26.0. The SMILES string of the molecule is Cc1cc(OC2CN(C(=O)c3c(-c4ccccc4Cl)noc3C)C2)cc(=O)o1. The quantitative estimate of drug-likeness (QED) is 0.666. The lowest BCUT2D eigenvalue weighted by molar-refractivity contribution is 0.0174. The van der Waals surface area contributed by atoms with Crippen LogP contribution in [0.3, 0.4) is 0 Å². The van der Waals surface area contributed by atoms with Crippen LogP contribution in [-0.2, 0) is 0 Å². The van der Waals surface area contributed by atoms with Crippen LogP contribution in [-0.4, -0.2) is 35.2 Å². The fourth-order valence-electron chi connectivity index (χ4n) is 3.13. The Morgan fingerprint density at radius 1 is 1.25 bits per heavy atom. The van der Waals surface area contributed by atoms with Crippen LogP contribution in [0.1, 0.15) is 21.9 Å². The summed E-state index contributed by atoms with van der Waals surface area (Å²) in [5.74, 6) is 1.14. The molecule has 3 aromatic rings. The highest BCUT2D eigenvalue weighted by atomic mass is 35.5. The summed E-state index contributed by atoms with van der Waals surface area (Å²) in [6, 6.07) is 10.1. The normalized spacial score (nSPS) is 14.0. The lowest BCUT2D eigenvalue weighted by Gasteiger charge is -2.38. The number of halogens is 1. The van der Waals surface area contributed by atoms with E-state index in [0.29, 0.717) is 52.2 Å². The molecule has 0 radical (unpaired) electrons. The minimum atomic E-state index is -0.466. The Hall–Kier alpha value is -3.06. The highest BCUT2D eigenvalue weighted by Crippen LogP contribution is 2.32. The van der Waals surface area contributed by atoms with Crippen LogP contribution in [0.4, 0.5) is 0 Å². The van der Waals surface area contributed by atoms with E-state index < -0.39 is 5.63 Å². The smallest absolute Gasteiger partial charge is 0.339 e. The van der Waals surface area contributed by atoms with E-state index in [9.17, 15) is 9.59 Å². The van der Waals surface area contributed by atoms with Crippen molar-refractivity contribution in [3.05, 3.63) is 68.9 Å². The third-order valence-electron chi connectivity index (χ3n) is 4.51. The number of hydrogen-bond acceptors (Lipinski definition) is 6. The number of carbonyl (C=O) groups is 1. The van der Waals surface area contributed by atoms with Gasteiger partial charge in [0.2, 0.25) is 0 Å². The van der Waals surface area contributed by atoms with Gasteiger partial charge in [-0.15, -0.1) is 0 Å². The number of ether oxygens (including phenoxy) is 1. The summed E-state index contributed by atoms with van der Waals surface area (Å²) in [7, 11) is 0. The van der Waals surface area contributed by atoms with Gasteiger partial charge in [0, 0.05) is 11.6 Å². The van der Waals surface area contributed by atoms with Crippen LogP contribution in [0.25, 0.3) is 11.3 Å². The van der Waals surface area contributed by atoms with Crippen molar-refractivity contribution < 1.29 is 18.5 Å². The fraction of sp³-hybridized carbons (Fsp3) is 0.250. The minimum absolute atomic E-state index is 0.197. The first-order valence-electron chi connectivity index (χ1n) is 8.71. The van der Waals surface area contributed by atoms with Gasteiger partial charge in [-0.3, -0.25) is 4.79 Å². The van der Waals surface area contributed by atoms with Crippen molar-refractivity contribution in [3.8, 4) is 17.0 Å². The Kier molecular flexibility index (Phi) is 4.68. The predicted molar refractivity (Wildman–Crippen MR) is 102 cm³/mol. The summed E-state index contributed by atoms with van der Waals surface area (Å²) in [6.45, 7) is 4.16. The van der Waals surface area contributed by atoms with Crippen molar-refractivity contribution in [2.24, 2.45) is 0 Å². The van der Waals surface area contributed by atoms with Crippen LogP contribution >= 0.6 is 11.6 Å². The molecule has 0 aliphatic carbocycles. The minimum Gasteiger partial charge on any atom is -0.486 e. The molecular weight excluding hydrogens is 384 g/mol. The maximum atomic E-state index is 13.0. The molecule has 0 N–H and O–H groups in total. The van der Waals surface area contributed by atoms with Gasteiger partial charge < -0.3 is 18.6 Å². The lowest BCUT2D eigenvalue weighted by atomic mass is 10.0. The lowest BCUT2D eigenvalue weighted by Crippen LogP contribution is -2.56. The molecule has 28 heavy (non-hydrogen) atoms. The second-order valence-corrected chi connectivity index (χ2v) is 7.02. The number of hydrogen-bond donors (Lipinski definition) is 0. The second-order valence-electron chi connectivity index (χ2n) is 6.62. The van der Waals surface area contributed by atoms with Crippen molar-refractivity contribution in [1.29, 1.82) is 0 Å². The van der Waals surface area contributed by atoms with Crippen molar-refractivity contribution in [2.75, 3.05) is 13.1 Å². The number of rotatable bonds is 4. The van der Waals surface area contributed by atoms with Crippen molar-refractivity contribution in [1.82, 2.24) is 10.1 Å². The molecule has 3 heterocycles. The molecule has 0 saturated carbocycles. The van der Waals surface area contributed by atoms with Gasteiger partial charge >= 0.3 is 5.63 Å². The van der Waals surface area contributed by atoms with E-state index in [1.165, 1.54) is 6.07 Å². The van der Waals surface area contributed by atoms with E-state index in [1.54, 1.807) is 36.9 Å². The summed E-state index contributed by atoms with van der Waals surface area (Å²) in [5, 5.41) is 4.52. The fourth-order valence-corrected chi connectivity index (χ4v) is 3.36. The summed E-state index contributed by atoms with van der Waals surface area (Å²) in [5.41, 5.74) is 0.993. The highest BCUT2D eigenvalue weighted by molar-refractivity contribution is 6.33. The zero-order valence-corrected chi connectivity index (χ0v) is 16.0. The zero-order chi connectivity index (χ0) is 19.8. The van der Waals surface area contributed by atoms with Gasteiger partial charge in [-0.2, -0.15) is 0 Å². The average Bonchev–Trinajstić information content (AvgIpc) is 2.98. The molecular formula is C20H17ClN2O5. The molecule has 0 bridgehead atoms. The zero-order valence-electron chi connectivity index (χ0n) is 15.3. The maximum Gasteiger partial charge on any atom is 0.339 e. The Bertz CT molecular complexity index is 1100. The van der Waals surface area contributed by atoms with E-state index in [4.69, 9.17) is 25.3 Å². The first-order chi connectivity index (χ1) is 13.4. The molecule has 0 atom stereocenters. The third-order valence-corrected chi connectivity index (χ3v) is 4.84. The van der Waals surface area contributed by atoms with Crippen LogP contribution in [0.15, 0.2) is 50.1 Å². The summed E-state index contributed by atoms with van der Waals surface area (Å²) >= 11 is 6.25. The highest BCUT2D eigenvalue weighted by Gasteiger charge is 2.36. The molecule has 1 amide bonds. The van der Waals surface area contributed by atoms with Gasteiger partial charge in [-0.05, 0) is 19.9 Å². The van der Waals surface area contributed by atoms with Gasteiger partial charge in [0.25, 0.3) is 5.91 Å². The number of aromatic nitrogens is 1. The molecule has 0 unspecified atom stereocenters. The van der Waals surface area contributed by atoms with Crippen LogP contribution in [0.2, 0.25) is 5.02 Å². The topological polar surface area (TPSA) is 85.8 Å². The molecule has 144 valence electrons. The largest absolute Gasteiger partial charge is 0.486 e. The van der Waals surface area contributed by atoms with Crippen molar-refractivity contribution in [3.63, 3.8) is 0 Å². The molecule has 7 nitrogen and oxygen atoms in total. The van der Waals surface area contributed by atoms with E-state index >= 15 is 0 Å². The molecule has 1 aliphatic heterocycles. The first-order valence-corrected chi connectivity index (χ1v) is 9.09. The third kappa shape index (κ3) is 3.41.